The SMILES string of the molecule is Nc1cc(Sc2ccc(N3CCC4(CCCO4)CC3)cc2)ccc1[N+](=O)[O-]. The lowest BCUT2D eigenvalue weighted by molar-refractivity contribution is -0.383. The Morgan fingerprint density at radius 3 is 2.37 bits per heavy atom. The smallest absolute Gasteiger partial charge is 0.292 e. The molecule has 2 aromatic carbocycles. The number of nitro groups is 1. The molecule has 0 amide bonds. The fraction of sp³-hybridized carbons (Fsp3) is 0.400. The lowest BCUT2D eigenvalue weighted by Gasteiger charge is -2.39. The second-order valence-corrected chi connectivity index (χ2v) is 8.34. The first kappa shape index (κ1) is 18.1. The summed E-state index contributed by atoms with van der Waals surface area (Å²) in [5.74, 6) is 0. The van der Waals surface area contributed by atoms with Gasteiger partial charge in [0.2, 0.25) is 0 Å². The van der Waals surface area contributed by atoms with Crippen molar-refractivity contribution >= 4 is 28.8 Å². The molecule has 2 saturated heterocycles. The van der Waals surface area contributed by atoms with E-state index in [1.165, 1.54) is 24.6 Å². The zero-order valence-corrected chi connectivity index (χ0v) is 15.9. The van der Waals surface area contributed by atoms with Gasteiger partial charge >= 0.3 is 0 Å². The van der Waals surface area contributed by atoms with Crippen LogP contribution in [-0.4, -0.2) is 30.2 Å². The molecule has 2 aromatic rings. The molecule has 0 radical (unpaired) electrons. The highest BCUT2D eigenvalue weighted by Crippen LogP contribution is 2.38. The summed E-state index contributed by atoms with van der Waals surface area (Å²) in [4.78, 5) is 14.8. The first-order chi connectivity index (χ1) is 13.0. The Hall–Kier alpha value is -2.25. The maximum atomic E-state index is 10.9. The first-order valence-corrected chi connectivity index (χ1v) is 10.1. The Bertz CT molecular complexity index is 825. The van der Waals surface area contributed by atoms with Gasteiger partial charge in [-0.2, -0.15) is 0 Å². The Morgan fingerprint density at radius 2 is 1.78 bits per heavy atom. The lowest BCUT2D eigenvalue weighted by Crippen LogP contribution is -2.44. The van der Waals surface area contributed by atoms with Gasteiger partial charge in [-0.1, -0.05) is 11.8 Å². The molecule has 0 saturated carbocycles. The van der Waals surface area contributed by atoms with E-state index >= 15 is 0 Å². The van der Waals surface area contributed by atoms with E-state index in [2.05, 4.69) is 29.2 Å². The molecule has 0 unspecified atom stereocenters. The second-order valence-electron chi connectivity index (χ2n) is 7.20. The van der Waals surface area contributed by atoms with Gasteiger partial charge in [-0.25, -0.2) is 0 Å². The summed E-state index contributed by atoms with van der Waals surface area (Å²) in [5.41, 5.74) is 7.29. The molecule has 0 aromatic heterocycles. The number of nitrogen functional groups attached to an aromatic ring is 1. The molecule has 27 heavy (non-hydrogen) atoms. The van der Waals surface area contributed by atoms with E-state index in [9.17, 15) is 10.1 Å². The van der Waals surface area contributed by atoms with E-state index in [4.69, 9.17) is 10.5 Å². The van der Waals surface area contributed by atoms with Gasteiger partial charge in [0.25, 0.3) is 5.69 Å². The van der Waals surface area contributed by atoms with Crippen molar-refractivity contribution in [3.05, 3.63) is 52.6 Å². The average molecular weight is 385 g/mol. The van der Waals surface area contributed by atoms with E-state index in [1.807, 2.05) is 0 Å². The number of rotatable bonds is 4. The molecule has 142 valence electrons. The summed E-state index contributed by atoms with van der Waals surface area (Å²) < 4.78 is 6.00. The van der Waals surface area contributed by atoms with E-state index in [0.717, 1.165) is 42.3 Å². The van der Waals surface area contributed by atoms with Gasteiger partial charge in [-0.05, 0) is 62.1 Å². The van der Waals surface area contributed by atoms with Crippen molar-refractivity contribution in [1.82, 2.24) is 0 Å². The highest BCUT2D eigenvalue weighted by Gasteiger charge is 2.38. The van der Waals surface area contributed by atoms with Crippen LogP contribution in [0.15, 0.2) is 52.3 Å². The standard InChI is InChI=1S/C20H23N3O3S/c21-18-14-17(6-7-19(18)23(24)25)27-16-4-2-15(3-5-16)22-11-9-20(10-12-22)8-1-13-26-20/h2-7,14H,1,8-13,21H2. The number of benzene rings is 2. The van der Waals surface area contributed by atoms with Crippen LogP contribution in [-0.2, 0) is 4.74 Å². The maximum absolute atomic E-state index is 10.9. The van der Waals surface area contributed by atoms with Crippen molar-refractivity contribution in [1.29, 1.82) is 0 Å². The number of nitrogens with zero attached hydrogens (tertiary/aromatic N) is 2. The molecule has 6 nitrogen and oxygen atoms in total. The van der Waals surface area contributed by atoms with Crippen LogP contribution in [0.25, 0.3) is 0 Å². The van der Waals surface area contributed by atoms with Crippen LogP contribution in [0.2, 0.25) is 0 Å². The third-order valence-electron chi connectivity index (χ3n) is 5.49. The zero-order valence-electron chi connectivity index (χ0n) is 15.1. The minimum atomic E-state index is -0.460. The number of nitro benzene ring substituents is 1. The molecule has 4 rings (SSSR count). The van der Waals surface area contributed by atoms with Crippen LogP contribution in [0.4, 0.5) is 17.1 Å². The van der Waals surface area contributed by atoms with Crippen molar-refractivity contribution < 1.29 is 9.66 Å². The van der Waals surface area contributed by atoms with Gasteiger partial charge in [-0.15, -0.1) is 0 Å². The monoisotopic (exact) mass is 385 g/mol. The molecule has 2 aliphatic heterocycles. The highest BCUT2D eigenvalue weighted by molar-refractivity contribution is 7.99. The van der Waals surface area contributed by atoms with E-state index in [-0.39, 0.29) is 17.0 Å². The normalized spacial score (nSPS) is 18.7. The minimum absolute atomic E-state index is 0.0520. The molecule has 2 fully saturated rings. The van der Waals surface area contributed by atoms with Gasteiger partial charge in [0, 0.05) is 41.2 Å². The summed E-state index contributed by atoms with van der Waals surface area (Å²) >= 11 is 1.55. The number of hydrogen-bond acceptors (Lipinski definition) is 6. The number of hydrogen-bond donors (Lipinski definition) is 1. The highest BCUT2D eigenvalue weighted by atomic mass is 32.2. The van der Waals surface area contributed by atoms with E-state index in [1.54, 1.807) is 23.9 Å². The molecule has 7 heteroatoms. The molecular formula is C20H23N3O3S. The molecule has 2 N–H and O–H groups in total. The van der Waals surface area contributed by atoms with Gasteiger partial charge in [0.1, 0.15) is 5.69 Å². The Balaban J connectivity index is 1.39. The van der Waals surface area contributed by atoms with Crippen molar-refractivity contribution in [2.45, 2.75) is 41.1 Å². The largest absolute Gasteiger partial charge is 0.393 e. The molecule has 0 atom stereocenters. The summed E-state index contributed by atoms with van der Waals surface area (Å²) in [6.07, 6.45) is 4.60. The summed E-state index contributed by atoms with van der Waals surface area (Å²) in [7, 11) is 0. The molecule has 0 aliphatic carbocycles. The topological polar surface area (TPSA) is 81.6 Å². The fourth-order valence-electron chi connectivity index (χ4n) is 3.95. The Labute approximate surface area is 162 Å². The van der Waals surface area contributed by atoms with Gasteiger partial charge < -0.3 is 15.4 Å². The first-order valence-electron chi connectivity index (χ1n) is 9.25. The average Bonchev–Trinajstić information content (AvgIpc) is 3.11. The predicted octanol–water partition coefficient (Wildman–Crippen LogP) is 4.48. The molecule has 1 spiro atoms. The number of ether oxygens (including phenoxy) is 1. The summed E-state index contributed by atoms with van der Waals surface area (Å²) in [5, 5.41) is 10.9. The van der Waals surface area contributed by atoms with Crippen LogP contribution in [0, 0.1) is 10.1 Å². The van der Waals surface area contributed by atoms with Crippen LogP contribution in [0.5, 0.6) is 0 Å². The third-order valence-corrected chi connectivity index (χ3v) is 6.49. The molecule has 0 bridgehead atoms. The van der Waals surface area contributed by atoms with Gasteiger partial charge in [-0.3, -0.25) is 10.1 Å². The van der Waals surface area contributed by atoms with E-state index < -0.39 is 4.92 Å². The second kappa shape index (κ2) is 7.40. The predicted molar refractivity (Wildman–Crippen MR) is 107 cm³/mol. The van der Waals surface area contributed by atoms with Gasteiger partial charge in [0.05, 0.1) is 10.5 Å². The van der Waals surface area contributed by atoms with Crippen LogP contribution < -0.4 is 10.6 Å². The number of anilines is 2. The number of piperidine rings is 1. The Morgan fingerprint density at radius 1 is 1.07 bits per heavy atom. The van der Waals surface area contributed by atoms with E-state index in [0.29, 0.717) is 0 Å². The summed E-state index contributed by atoms with van der Waals surface area (Å²) in [6.45, 7) is 2.98. The van der Waals surface area contributed by atoms with Gasteiger partial charge in [0.15, 0.2) is 0 Å². The molecule has 2 aliphatic rings. The third kappa shape index (κ3) is 3.89. The lowest BCUT2D eigenvalue weighted by atomic mass is 9.88. The van der Waals surface area contributed by atoms with Crippen molar-refractivity contribution in [3.63, 3.8) is 0 Å². The Kier molecular flexibility index (Phi) is 4.97. The van der Waals surface area contributed by atoms with Crippen LogP contribution >= 0.6 is 11.8 Å². The minimum Gasteiger partial charge on any atom is -0.393 e. The number of nitrogens with two attached hydrogens (primary N) is 1. The fourth-order valence-corrected chi connectivity index (χ4v) is 4.81. The molecule has 2 heterocycles. The van der Waals surface area contributed by atoms with Crippen LogP contribution in [0.1, 0.15) is 25.7 Å². The van der Waals surface area contributed by atoms with Crippen molar-refractivity contribution in [2.75, 3.05) is 30.3 Å². The zero-order chi connectivity index (χ0) is 18.9. The maximum Gasteiger partial charge on any atom is 0.292 e. The molecular weight excluding hydrogens is 362 g/mol. The van der Waals surface area contributed by atoms with Crippen LogP contribution in [0.3, 0.4) is 0 Å². The quantitative estimate of drug-likeness (QED) is 0.475. The summed E-state index contributed by atoms with van der Waals surface area (Å²) in [6, 6.07) is 13.3. The van der Waals surface area contributed by atoms with Crippen molar-refractivity contribution in [2.24, 2.45) is 0 Å². The van der Waals surface area contributed by atoms with Crippen molar-refractivity contribution in [3.8, 4) is 0 Å².